The number of anilines is 1. The zero-order valence-corrected chi connectivity index (χ0v) is 15.0. The highest BCUT2D eigenvalue weighted by molar-refractivity contribution is 6.02. The van der Waals surface area contributed by atoms with E-state index in [-0.39, 0.29) is 17.5 Å². The predicted molar refractivity (Wildman–Crippen MR) is 103 cm³/mol. The lowest BCUT2D eigenvalue weighted by Gasteiger charge is -2.15. The van der Waals surface area contributed by atoms with Crippen LogP contribution in [-0.4, -0.2) is 23.9 Å². The van der Waals surface area contributed by atoms with Crippen molar-refractivity contribution in [3.05, 3.63) is 77.8 Å². The first-order valence-corrected chi connectivity index (χ1v) is 9.16. The van der Waals surface area contributed by atoms with Crippen LogP contribution in [0.15, 0.2) is 65.1 Å². The number of nitrogens with one attached hydrogen (secondary N) is 1. The van der Waals surface area contributed by atoms with Gasteiger partial charge in [0.15, 0.2) is 5.76 Å². The van der Waals surface area contributed by atoms with E-state index >= 15 is 0 Å². The molecule has 0 aliphatic carbocycles. The average molecular weight is 364 g/mol. The lowest BCUT2D eigenvalue weighted by molar-refractivity contribution is 0.0997. The van der Waals surface area contributed by atoms with E-state index in [4.69, 9.17) is 4.42 Å². The monoisotopic (exact) mass is 364 g/mol. The Balaban J connectivity index is 1.44. The van der Waals surface area contributed by atoms with Gasteiger partial charge in [-0.3, -0.25) is 9.69 Å². The maximum absolute atomic E-state index is 13.0. The van der Waals surface area contributed by atoms with Gasteiger partial charge in [-0.2, -0.15) is 0 Å². The van der Waals surface area contributed by atoms with Gasteiger partial charge in [0.05, 0.1) is 0 Å². The Morgan fingerprint density at radius 2 is 1.81 bits per heavy atom. The summed E-state index contributed by atoms with van der Waals surface area (Å²) in [6, 6.07) is 17.2. The zero-order valence-electron chi connectivity index (χ0n) is 15.0. The van der Waals surface area contributed by atoms with E-state index in [1.807, 2.05) is 18.2 Å². The molecular weight excluding hydrogens is 343 g/mol. The summed E-state index contributed by atoms with van der Waals surface area (Å²) in [6.45, 7) is 3.17. The minimum atomic E-state index is -0.308. The summed E-state index contributed by atoms with van der Waals surface area (Å²) >= 11 is 0. The predicted octanol–water partition coefficient (Wildman–Crippen LogP) is 4.93. The van der Waals surface area contributed by atoms with Gasteiger partial charge < -0.3 is 9.73 Å². The highest BCUT2D eigenvalue weighted by Gasteiger charge is 2.14. The second kappa shape index (κ2) is 7.76. The fraction of sp³-hybridized carbons (Fsp3) is 0.227. The molecule has 0 spiro atoms. The fourth-order valence-corrected chi connectivity index (χ4v) is 3.37. The maximum Gasteiger partial charge on any atom is 0.291 e. The Hall–Kier alpha value is -2.92. The van der Waals surface area contributed by atoms with Crippen molar-refractivity contribution in [2.75, 3.05) is 18.4 Å². The van der Waals surface area contributed by atoms with Crippen molar-refractivity contribution in [2.45, 2.75) is 19.4 Å². The molecule has 0 unspecified atom stereocenters. The number of halogens is 1. The second-order valence-electron chi connectivity index (χ2n) is 6.81. The molecule has 0 atom stereocenters. The summed E-state index contributed by atoms with van der Waals surface area (Å²) in [7, 11) is 0. The third-order valence-corrected chi connectivity index (χ3v) is 4.75. The second-order valence-corrected chi connectivity index (χ2v) is 6.81. The van der Waals surface area contributed by atoms with E-state index in [1.54, 1.807) is 24.3 Å². The third kappa shape index (κ3) is 4.26. The molecule has 27 heavy (non-hydrogen) atoms. The van der Waals surface area contributed by atoms with Gasteiger partial charge in [-0.25, -0.2) is 4.39 Å². The van der Waals surface area contributed by atoms with Crippen molar-refractivity contribution < 1.29 is 13.6 Å². The Bertz CT molecular complexity index is 927. The summed E-state index contributed by atoms with van der Waals surface area (Å²) in [6.07, 6.45) is 2.51. The van der Waals surface area contributed by atoms with Crippen molar-refractivity contribution in [2.24, 2.45) is 0 Å². The largest absolute Gasteiger partial charge is 0.451 e. The minimum absolute atomic E-state index is 0.222. The molecule has 5 heteroatoms. The van der Waals surface area contributed by atoms with Crippen LogP contribution in [0.1, 0.15) is 29.0 Å². The van der Waals surface area contributed by atoms with E-state index in [9.17, 15) is 9.18 Å². The van der Waals surface area contributed by atoms with Crippen molar-refractivity contribution in [1.29, 1.82) is 0 Å². The van der Waals surface area contributed by atoms with Gasteiger partial charge in [0, 0.05) is 17.8 Å². The van der Waals surface area contributed by atoms with Crippen molar-refractivity contribution in [3.63, 3.8) is 0 Å². The number of amides is 1. The highest BCUT2D eigenvalue weighted by atomic mass is 19.1. The smallest absolute Gasteiger partial charge is 0.291 e. The van der Waals surface area contributed by atoms with Crippen molar-refractivity contribution >= 4 is 11.6 Å². The molecule has 0 saturated carbocycles. The number of carbonyl (C=O) groups excluding carboxylic acids is 1. The average Bonchev–Trinajstić information content (AvgIpc) is 3.35. The van der Waals surface area contributed by atoms with Gasteiger partial charge in [0.25, 0.3) is 5.91 Å². The van der Waals surface area contributed by atoms with E-state index < -0.39 is 0 Å². The molecule has 2 heterocycles. The molecule has 0 bridgehead atoms. The SMILES string of the molecule is O=C(Nc1cccc(CN2CCCC2)c1)c1ccc(-c2ccc(F)cc2)o1. The Morgan fingerprint density at radius 3 is 2.59 bits per heavy atom. The third-order valence-electron chi connectivity index (χ3n) is 4.75. The molecule has 4 nitrogen and oxygen atoms in total. The first-order valence-electron chi connectivity index (χ1n) is 9.16. The molecule has 0 radical (unpaired) electrons. The van der Waals surface area contributed by atoms with Gasteiger partial charge in [-0.15, -0.1) is 0 Å². The molecule has 1 aromatic heterocycles. The minimum Gasteiger partial charge on any atom is -0.451 e. The lowest BCUT2D eigenvalue weighted by atomic mass is 10.2. The molecule has 1 aliphatic heterocycles. The molecule has 1 N–H and O–H groups in total. The highest BCUT2D eigenvalue weighted by Crippen LogP contribution is 2.23. The molecule has 1 fully saturated rings. The molecular formula is C22H21FN2O2. The van der Waals surface area contributed by atoms with Crippen LogP contribution < -0.4 is 5.32 Å². The number of benzene rings is 2. The number of nitrogens with zero attached hydrogens (tertiary/aromatic N) is 1. The van der Waals surface area contributed by atoms with E-state index in [1.165, 1.54) is 30.5 Å². The first kappa shape index (κ1) is 17.5. The molecule has 3 aromatic rings. The quantitative estimate of drug-likeness (QED) is 0.698. The van der Waals surface area contributed by atoms with Crippen LogP contribution in [0.3, 0.4) is 0 Å². The van der Waals surface area contributed by atoms with E-state index in [0.717, 1.165) is 30.9 Å². The Kier molecular flexibility index (Phi) is 5.03. The molecule has 138 valence electrons. The molecule has 1 saturated heterocycles. The van der Waals surface area contributed by atoms with Crippen LogP contribution in [0.2, 0.25) is 0 Å². The van der Waals surface area contributed by atoms with E-state index in [0.29, 0.717) is 5.76 Å². The van der Waals surface area contributed by atoms with Gasteiger partial charge >= 0.3 is 0 Å². The molecule has 4 rings (SSSR count). The standard InChI is InChI=1S/C22H21FN2O2/c23-18-8-6-17(7-9-18)20-10-11-21(27-20)22(26)24-19-5-3-4-16(14-19)15-25-12-1-2-13-25/h3-11,14H,1-2,12-13,15H2,(H,24,26). The summed E-state index contributed by atoms with van der Waals surface area (Å²) in [5, 5.41) is 2.89. The van der Waals surface area contributed by atoms with Crippen LogP contribution >= 0.6 is 0 Å². The first-order chi connectivity index (χ1) is 13.2. The van der Waals surface area contributed by atoms with Crippen LogP contribution in [0.25, 0.3) is 11.3 Å². The summed E-state index contributed by atoms with van der Waals surface area (Å²) in [4.78, 5) is 14.9. The van der Waals surface area contributed by atoms with Gasteiger partial charge in [-0.05, 0) is 80.0 Å². The molecule has 2 aromatic carbocycles. The Labute approximate surface area is 157 Å². The van der Waals surface area contributed by atoms with Crippen LogP contribution in [0, 0.1) is 5.82 Å². The normalized spacial score (nSPS) is 14.4. The lowest BCUT2D eigenvalue weighted by Crippen LogP contribution is -2.18. The Morgan fingerprint density at radius 1 is 1.04 bits per heavy atom. The van der Waals surface area contributed by atoms with E-state index in [2.05, 4.69) is 16.3 Å². The maximum atomic E-state index is 13.0. The van der Waals surface area contributed by atoms with Crippen LogP contribution in [0.5, 0.6) is 0 Å². The number of likely N-dealkylation sites (tertiary alicyclic amines) is 1. The molecule has 1 aliphatic rings. The van der Waals surface area contributed by atoms with Gasteiger partial charge in [0.1, 0.15) is 11.6 Å². The fourth-order valence-electron chi connectivity index (χ4n) is 3.37. The summed E-state index contributed by atoms with van der Waals surface area (Å²) < 4.78 is 18.7. The topological polar surface area (TPSA) is 45.5 Å². The van der Waals surface area contributed by atoms with Gasteiger partial charge in [0.2, 0.25) is 0 Å². The van der Waals surface area contributed by atoms with Crippen molar-refractivity contribution in [3.8, 4) is 11.3 Å². The van der Waals surface area contributed by atoms with Crippen LogP contribution in [-0.2, 0) is 6.54 Å². The summed E-state index contributed by atoms with van der Waals surface area (Å²) in [5.74, 6) is 0.140. The number of rotatable bonds is 5. The molecule has 1 amide bonds. The number of hydrogen-bond donors (Lipinski definition) is 1. The number of carbonyl (C=O) groups is 1. The zero-order chi connectivity index (χ0) is 18.6. The summed E-state index contributed by atoms with van der Waals surface area (Å²) in [5.41, 5.74) is 2.65. The van der Waals surface area contributed by atoms with Crippen LogP contribution in [0.4, 0.5) is 10.1 Å². The number of furan rings is 1. The number of hydrogen-bond acceptors (Lipinski definition) is 3. The van der Waals surface area contributed by atoms with Crippen molar-refractivity contribution in [1.82, 2.24) is 4.90 Å². The van der Waals surface area contributed by atoms with Gasteiger partial charge in [-0.1, -0.05) is 12.1 Å².